The van der Waals surface area contributed by atoms with E-state index < -0.39 is 0 Å². The molecule has 1 aromatic carbocycles. The maximum absolute atomic E-state index is 13.4. The van der Waals surface area contributed by atoms with Gasteiger partial charge in [-0.15, -0.1) is 0 Å². The van der Waals surface area contributed by atoms with Crippen molar-refractivity contribution in [1.29, 1.82) is 0 Å². The largest absolute Gasteiger partial charge is 0.370 e. The molecule has 78 valence electrons. The van der Waals surface area contributed by atoms with E-state index in [2.05, 4.69) is 17.2 Å². The number of hydrogen-bond acceptors (Lipinski definition) is 2. The lowest BCUT2D eigenvalue weighted by Crippen LogP contribution is -2.02. The average molecular weight is 204 g/mol. The van der Waals surface area contributed by atoms with E-state index in [1.165, 1.54) is 6.07 Å². The highest BCUT2D eigenvalue weighted by Crippen LogP contribution is 2.22. The molecule has 15 heavy (non-hydrogen) atoms. The molecule has 0 saturated heterocycles. The van der Waals surface area contributed by atoms with Crippen LogP contribution in [-0.4, -0.2) is 11.5 Å². The van der Waals surface area contributed by atoms with Gasteiger partial charge in [0.05, 0.1) is 0 Å². The number of pyridine rings is 1. The molecule has 2 aromatic rings. The first kappa shape index (κ1) is 9.90. The Bertz CT molecular complexity index is 468. The summed E-state index contributed by atoms with van der Waals surface area (Å²) in [4.78, 5) is 4.21. The van der Waals surface area contributed by atoms with Crippen LogP contribution in [0.5, 0.6) is 0 Å². The van der Waals surface area contributed by atoms with Gasteiger partial charge in [0.25, 0.3) is 0 Å². The molecule has 3 heteroatoms. The van der Waals surface area contributed by atoms with E-state index >= 15 is 0 Å². The van der Waals surface area contributed by atoms with E-state index in [0.29, 0.717) is 5.39 Å². The Morgan fingerprint density at radius 3 is 2.93 bits per heavy atom. The molecular formula is C12H13FN2. The summed E-state index contributed by atoms with van der Waals surface area (Å²) in [6, 6.07) is 6.74. The van der Waals surface area contributed by atoms with Gasteiger partial charge in [-0.05, 0) is 18.6 Å². The van der Waals surface area contributed by atoms with Crippen LogP contribution >= 0.6 is 0 Å². The molecule has 2 rings (SSSR count). The zero-order valence-corrected chi connectivity index (χ0v) is 8.63. The first-order valence-electron chi connectivity index (χ1n) is 5.10. The molecule has 0 bridgehead atoms. The zero-order chi connectivity index (χ0) is 10.7. The molecule has 0 unspecified atom stereocenters. The van der Waals surface area contributed by atoms with Crippen LogP contribution in [0, 0.1) is 5.82 Å². The smallest absolute Gasteiger partial charge is 0.133 e. The maximum atomic E-state index is 13.4. The number of rotatable bonds is 3. The summed E-state index contributed by atoms with van der Waals surface area (Å²) in [5.41, 5.74) is 0. The minimum Gasteiger partial charge on any atom is -0.370 e. The van der Waals surface area contributed by atoms with E-state index in [4.69, 9.17) is 0 Å². The van der Waals surface area contributed by atoms with Crippen LogP contribution in [0.4, 0.5) is 10.2 Å². The van der Waals surface area contributed by atoms with E-state index in [9.17, 15) is 4.39 Å². The summed E-state index contributed by atoms with van der Waals surface area (Å²) in [7, 11) is 0. The van der Waals surface area contributed by atoms with Crippen LogP contribution in [0.3, 0.4) is 0 Å². The molecule has 1 N–H and O–H groups in total. The molecule has 0 radical (unpaired) electrons. The van der Waals surface area contributed by atoms with Crippen molar-refractivity contribution in [3.63, 3.8) is 0 Å². The van der Waals surface area contributed by atoms with Crippen molar-refractivity contribution >= 4 is 16.6 Å². The zero-order valence-electron chi connectivity index (χ0n) is 8.63. The summed E-state index contributed by atoms with van der Waals surface area (Å²) >= 11 is 0. The number of benzene rings is 1. The first-order valence-corrected chi connectivity index (χ1v) is 5.10. The number of nitrogens with zero attached hydrogens (tertiary/aromatic N) is 1. The number of halogens is 1. The summed E-state index contributed by atoms with van der Waals surface area (Å²) in [6.07, 6.45) is 2.65. The molecule has 0 aliphatic carbocycles. The van der Waals surface area contributed by atoms with Gasteiger partial charge in [0.2, 0.25) is 0 Å². The molecule has 2 nitrogen and oxygen atoms in total. The monoisotopic (exact) mass is 204 g/mol. The van der Waals surface area contributed by atoms with Crippen molar-refractivity contribution in [1.82, 2.24) is 4.98 Å². The van der Waals surface area contributed by atoms with Crippen molar-refractivity contribution in [2.24, 2.45) is 0 Å². The number of aromatic nitrogens is 1. The Morgan fingerprint density at radius 2 is 2.13 bits per heavy atom. The van der Waals surface area contributed by atoms with Gasteiger partial charge in [-0.1, -0.05) is 19.1 Å². The molecule has 1 heterocycles. The third kappa shape index (κ3) is 1.91. The van der Waals surface area contributed by atoms with E-state index in [0.717, 1.165) is 24.2 Å². The lowest BCUT2D eigenvalue weighted by Gasteiger charge is -2.07. The Morgan fingerprint density at radius 1 is 1.27 bits per heavy atom. The van der Waals surface area contributed by atoms with Gasteiger partial charge in [0.15, 0.2) is 0 Å². The van der Waals surface area contributed by atoms with E-state index in [-0.39, 0.29) is 5.82 Å². The predicted octanol–water partition coefficient (Wildman–Crippen LogP) is 3.20. The van der Waals surface area contributed by atoms with Crippen LogP contribution in [0.15, 0.2) is 30.5 Å². The lowest BCUT2D eigenvalue weighted by molar-refractivity contribution is 0.640. The van der Waals surface area contributed by atoms with Crippen LogP contribution in [0.2, 0.25) is 0 Å². The fraction of sp³-hybridized carbons (Fsp3) is 0.250. The second kappa shape index (κ2) is 4.26. The second-order valence-corrected chi connectivity index (χ2v) is 3.42. The quantitative estimate of drug-likeness (QED) is 0.830. The topological polar surface area (TPSA) is 24.9 Å². The molecule has 1 aromatic heterocycles. The third-order valence-corrected chi connectivity index (χ3v) is 2.30. The number of anilines is 1. The number of fused-ring (bicyclic) bond motifs is 1. The maximum Gasteiger partial charge on any atom is 0.133 e. The van der Waals surface area contributed by atoms with Gasteiger partial charge < -0.3 is 5.32 Å². The Balaban J connectivity index is 2.51. The molecule has 0 spiro atoms. The molecule has 0 aliphatic rings. The van der Waals surface area contributed by atoms with Crippen molar-refractivity contribution in [2.45, 2.75) is 13.3 Å². The van der Waals surface area contributed by atoms with Crippen LogP contribution < -0.4 is 5.32 Å². The molecule has 0 saturated carbocycles. The fourth-order valence-corrected chi connectivity index (χ4v) is 1.55. The van der Waals surface area contributed by atoms with Gasteiger partial charge in [-0.25, -0.2) is 9.37 Å². The first-order chi connectivity index (χ1) is 7.33. The van der Waals surface area contributed by atoms with Crippen LogP contribution in [0.25, 0.3) is 10.8 Å². The van der Waals surface area contributed by atoms with Crippen LogP contribution in [-0.2, 0) is 0 Å². The summed E-state index contributed by atoms with van der Waals surface area (Å²) in [6.45, 7) is 2.93. The third-order valence-electron chi connectivity index (χ3n) is 2.30. The minimum absolute atomic E-state index is 0.200. The molecule has 0 amide bonds. The van der Waals surface area contributed by atoms with Gasteiger partial charge in [-0.3, -0.25) is 0 Å². The van der Waals surface area contributed by atoms with Gasteiger partial charge in [0.1, 0.15) is 11.6 Å². The lowest BCUT2D eigenvalue weighted by atomic mass is 10.1. The fourth-order valence-electron chi connectivity index (χ4n) is 1.55. The summed E-state index contributed by atoms with van der Waals surface area (Å²) in [5.74, 6) is 0.559. The molecular weight excluding hydrogens is 191 g/mol. The Hall–Kier alpha value is -1.64. The number of hydrogen-bond donors (Lipinski definition) is 1. The van der Waals surface area contributed by atoms with Crippen molar-refractivity contribution in [3.05, 3.63) is 36.3 Å². The standard InChI is InChI=1S/C12H13FN2/c1-2-7-14-12-10-4-3-5-11(13)9(10)6-8-15-12/h3-6,8H,2,7H2,1H3,(H,14,15). The Kier molecular flexibility index (Phi) is 2.81. The SMILES string of the molecule is CCCNc1nccc2c(F)cccc12. The minimum atomic E-state index is -0.200. The summed E-state index contributed by atoms with van der Waals surface area (Å²) in [5, 5.41) is 4.64. The molecule has 0 aliphatic heterocycles. The predicted molar refractivity (Wildman–Crippen MR) is 60.5 cm³/mol. The van der Waals surface area contributed by atoms with E-state index in [1.54, 1.807) is 18.3 Å². The number of nitrogens with one attached hydrogen (secondary N) is 1. The molecule has 0 atom stereocenters. The normalized spacial score (nSPS) is 10.5. The van der Waals surface area contributed by atoms with Crippen molar-refractivity contribution < 1.29 is 4.39 Å². The van der Waals surface area contributed by atoms with Gasteiger partial charge in [-0.2, -0.15) is 0 Å². The summed E-state index contributed by atoms with van der Waals surface area (Å²) < 4.78 is 13.4. The highest BCUT2D eigenvalue weighted by Gasteiger charge is 2.04. The van der Waals surface area contributed by atoms with Crippen LogP contribution in [0.1, 0.15) is 13.3 Å². The van der Waals surface area contributed by atoms with E-state index in [1.807, 2.05) is 6.07 Å². The van der Waals surface area contributed by atoms with Gasteiger partial charge >= 0.3 is 0 Å². The van der Waals surface area contributed by atoms with Crippen molar-refractivity contribution in [3.8, 4) is 0 Å². The highest BCUT2D eigenvalue weighted by molar-refractivity contribution is 5.92. The average Bonchev–Trinajstić information content (AvgIpc) is 2.27. The molecule has 0 fully saturated rings. The van der Waals surface area contributed by atoms with Crippen molar-refractivity contribution in [2.75, 3.05) is 11.9 Å². The van der Waals surface area contributed by atoms with Gasteiger partial charge in [0, 0.05) is 23.5 Å². The highest BCUT2D eigenvalue weighted by atomic mass is 19.1. The second-order valence-electron chi connectivity index (χ2n) is 3.42. The Labute approximate surface area is 88.1 Å².